The summed E-state index contributed by atoms with van der Waals surface area (Å²) in [5.41, 5.74) is 2.16. The van der Waals surface area contributed by atoms with Crippen LogP contribution in [0.15, 0.2) is 48.5 Å². The van der Waals surface area contributed by atoms with E-state index in [2.05, 4.69) is 17.0 Å². The largest absolute Gasteiger partial charge is 0.508 e. The van der Waals surface area contributed by atoms with Gasteiger partial charge in [0.1, 0.15) is 11.5 Å². The molecule has 1 saturated heterocycles. The number of phenolic OH excluding ortho intramolecular Hbond substituents is 1. The molecule has 0 spiro atoms. The van der Waals surface area contributed by atoms with Gasteiger partial charge < -0.3 is 14.9 Å². The summed E-state index contributed by atoms with van der Waals surface area (Å²) in [6, 6.07) is 15.8. The lowest BCUT2D eigenvalue weighted by Crippen LogP contribution is -2.20. The smallest absolute Gasteiger partial charge is 0.122 e. The zero-order chi connectivity index (χ0) is 16.2. The quantitative estimate of drug-likeness (QED) is 0.891. The van der Waals surface area contributed by atoms with Crippen molar-refractivity contribution in [2.75, 3.05) is 26.8 Å². The molecule has 1 heterocycles. The SMILES string of the molecule is COc1ccc(C2CN(Cc3ccccc3)CC2CO)c(O)c1. The number of rotatable bonds is 5. The maximum atomic E-state index is 10.3. The van der Waals surface area contributed by atoms with Crippen LogP contribution in [0.3, 0.4) is 0 Å². The van der Waals surface area contributed by atoms with Crippen molar-refractivity contribution in [3.63, 3.8) is 0 Å². The normalized spacial score (nSPS) is 21.5. The highest BCUT2D eigenvalue weighted by Gasteiger charge is 2.34. The number of likely N-dealkylation sites (tertiary alicyclic amines) is 1. The van der Waals surface area contributed by atoms with Crippen LogP contribution in [0.4, 0.5) is 0 Å². The predicted molar refractivity (Wildman–Crippen MR) is 89.7 cm³/mol. The standard InChI is InChI=1S/C19H23NO3/c1-23-16-7-8-17(19(22)9-16)18-12-20(11-15(18)13-21)10-14-5-3-2-4-6-14/h2-9,15,18,21-22H,10-13H2,1H3. The van der Waals surface area contributed by atoms with Crippen LogP contribution in [0.5, 0.6) is 11.5 Å². The van der Waals surface area contributed by atoms with E-state index in [1.54, 1.807) is 13.2 Å². The lowest BCUT2D eigenvalue weighted by molar-refractivity contribution is 0.213. The van der Waals surface area contributed by atoms with Crippen molar-refractivity contribution in [1.82, 2.24) is 4.90 Å². The van der Waals surface area contributed by atoms with Crippen LogP contribution >= 0.6 is 0 Å². The third kappa shape index (κ3) is 3.49. The zero-order valence-corrected chi connectivity index (χ0v) is 13.4. The topological polar surface area (TPSA) is 52.9 Å². The Kier molecular flexibility index (Phi) is 4.84. The summed E-state index contributed by atoms with van der Waals surface area (Å²) < 4.78 is 5.15. The fourth-order valence-electron chi connectivity index (χ4n) is 3.43. The molecular weight excluding hydrogens is 290 g/mol. The minimum atomic E-state index is 0.126. The molecule has 3 rings (SSSR count). The maximum absolute atomic E-state index is 10.3. The van der Waals surface area contributed by atoms with Gasteiger partial charge in [0.25, 0.3) is 0 Å². The Hall–Kier alpha value is -2.04. The second kappa shape index (κ2) is 7.02. The first-order valence-electron chi connectivity index (χ1n) is 7.95. The summed E-state index contributed by atoms with van der Waals surface area (Å²) in [5.74, 6) is 1.16. The predicted octanol–water partition coefficient (Wildman–Crippen LogP) is 2.61. The van der Waals surface area contributed by atoms with Crippen LogP contribution in [-0.4, -0.2) is 41.9 Å². The molecule has 2 aromatic rings. The summed E-state index contributed by atoms with van der Waals surface area (Å²) in [6.07, 6.45) is 0. The number of ether oxygens (including phenoxy) is 1. The molecule has 122 valence electrons. The number of hydrogen-bond donors (Lipinski definition) is 2. The molecule has 23 heavy (non-hydrogen) atoms. The van der Waals surface area contributed by atoms with Gasteiger partial charge in [0.2, 0.25) is 0 Å². The third-order valence-electron chi connectivity index (χ3n) is 4.64. The molecule has 0 radical (unpaired) electrons. The molecular formula is C19H23NO3. The van der Waals surface area contributed by atoms with E-state index in [4.69, 9.17) is 4.74 Å². The number of hydrogen-bond acceptors (Lipinski definition) is 4. The van der Waals surface area contributed by atoms with E-state index in [0.29, 0.717) is 5.75 Å². The van der Waals surface area contributed by atoms with E-state index >= 15 is 0 Å². The zero-order valence-electron chi connectivity index (χ0n) is 13.4. The molecule has 4 heteroatoms. The number of aromatic hydroxyl groups is 1. The molecule has 2 N–H and O–H groups in total. The molecule has 2 aromatic carbocycles. The number of aliphatic hydroxyl groups excluding tert-OH is 1. The molecule has 2 atom stereocenters. The van der Waals surface area contributed by atoms with Crippen LogP contribution in [0.1, 0.15) is 17.0 Å². The van der Waals surface area contributed by atoms with Gasteiger partial charge in [-0.1, -0.05) is 36.4 Å². The monoisotopic (exact) mass is 313 g/mol. The average Bonchev–Trinajstić information content (AvgIpc) is 2.98. The maximum Gasteiger partial charge on any atom is 0.122 e. The average molecular weight is 313 g/mol. The van der Waals surface area contributed by atoms with Gasteiger partial charge in [-0.2, -0.15) is 0 Å². The van der Waals surface area contributed by atoms with E-state index in [1.165, 1.54) is 5.56 Å². The molecule has 2 unspecified atom stereocenters. The Labute approximate surface area is 136 Å². The first-order chi connectivity index (χ1) is 11.2. The van der Waals surface area contributed by atoms with Crippen LogP contribution in [-0.2, 0) is 6.54 Å². The highest BCUT2D eigenvalue weighted by molar-refractivity contribution is 5.42. The van der Waals surface area contributed by atoms with Gasteiger partial charge in [0, 0.05) is 44.1 Å². The Morgan fingerprint density at radius 2 is 1.91 bits per heavy atom. The minimum absolute atomic E-state index is 0.126. The van der Waals surface area contributed by atoms with E-state index in [-0.39, 0.29) is 24.2 Å². The first-order valence-corrected chi connectivity index (χ1v) is 7.95. The summed E-state index contributed by atoms with van der Waals surface area (Å²) in [5, 5.41) is 20.0. The third-order valence-corrected chi connectivity index (χ3v) is 4.64. The lowest BCUT2D eigenvalue weighted by atomic mass is 9.89. The van der Waals surface area contributed by atoms with Gasteiger partial charge in [-0.15, -0.1) is 0 Å². The second-order valence-corrected chi connectivity index (χ2v) is 6.15. The van der Waals surface area contributed by atoms with Gasteiger partial charge in [-0.3, -0.25) is 4.90 Å². The first kappa shape index (κ1) is 15.8. The number of benzene rings is 2. The molecule has 1 fully saturated rings. The fourth-order valence-corrected chi connectivity index (χ4v) is 3.43. The Bertz CT molecular complexity index is 644. The van der Waals surface area contributed by atoms with Crippen LogP contribution in [0.25, 0.3) is 0 Å². The minimum Gasteiger partial charge on any atom is -0.508 e. The fraction of sp³-hybridized carbons (Fsp3) is 0.368. The van der Waals surface area contributed by atoms with Crippen LogP contribution in [0, 0.1) is 5.92 Å². The second-order valence-electron chi connectivity index (χ2n) is 6.15. The molecule has 1 aliphatic rings. The van der Waals surface area contributed by atoms with Crippen molar-refractivity contribution in [2.24, 2.45) is 5.92 Å². The van der Waals surface area contributed by atoms with E-state index in [0.717, 1.165) is 25.2 Å². The van der Waals surface area contributed by atoms with Gasteiger partial charge in [-0.05, 0) is 17.2 Å². The van der Waals surface area contributed by atoms with Crippen molar-refractivity contribution in [2.45, 2.75) is 12.5 Å². The van der Waals surface area contributed by atoms with Crippen molar-refractivity contribution < 1.29 is 14.9 Å². The molecule has 0 aromatic heterocycles. The number of nitrogens with zero attached hydrogens (tertiary/aromatic N) is 1. The van der Waals surface area contributed by atoms with Crippen LogP contribution < -0.4 is 4.74 Å². The number of methoxy groups -OCH3 is 1. The van der Waals surface area contributed by atoms with Gasteiger partial charge in [-0.25, -0.2) is 0 Å². The molecule has 1 aliphatic heterocycles. The van der Waals surface area contributed by atoms with E-state index in [9.17, 15) is 10.2 Å². The van der Waals surface area contributed by atoms with Crippen LogP contribution in [0.2, 0.25) is 0 Å². The molecule has 0 aliphatic carbocycles. The summed E-state index contributed by atoms with van der Waals surface area (Å²) in [7, 11) is 1.59. The molecule has 0 saturated carbocycles. The Morgan fingerprint density at radius 3 is 2.57 bits per heavy atom. The summed E-state index contributed by atoms with van der Waals surface area (Å²) >= 11 is 0. The summed E-state index contributed by atoms with van der Waals surface area (Å²) in [6.45, 7) is 2.66. The van der Waals surface area contributed by atoms with E-state index in [1.807, 2.05) is 30.3 Å². The lowest BCUT2D eigenvalue weighted by Gasteiger charge is -2.18. The summed E-state index contributed by atoms with van der Waals surface area (Å²) in [4.78, 5) is 2.34. The van der Waals surface area contributed by atoms with Crippen molar-refractivity contribution in [3.05, 3.63) is 59.7 Å². The highest BCUT2D eigenvalue weighted by Crippen LogP contribution is 2.38. The van der Waals surface area contributed by atoms with Gasteiger partial charge in [0.05, 0.1) is 7.11 Å². The number of phenols is 1. The molecule has 4 nitrogen and oxygen atoms in total. The van der Waals surface area contributed by atoms with Crippen molar-refractivity contribution in [1.29, 1.82) is 0 Å². The van der Waals surface area contributed by atoms with Gasteiger partial charge >= 0.3 is 0 Å². The van der Waals surface area contributed by atoms with Crippen molar-refractivity contribution in [3.8, 4) is 11.5 Å². The number of aliphatic hydroxyl groups is 1. The Morgan fingerprint density at radius 1 is 1.13 bits per heavy atom. The van der Waals surface area contributed by atoms with Gasteiger partial charge in [0.15, 0.2) is 0 Å². The Balaban J connectivity index is 1.77. The van der Waals surface area contributed by atoms with E-state index < -0.39 is 0 Å². The van der Waals surface area contributed by atoms with Crippen molar-refractivity contribution >= 4 is 0 Å². The molecule has 0 bridgehead atoms. The molecule has 0 amide bonds. The highest BCUT2D eigenvalue weighted by atomic mass is 16.5.